The van der Waals surface area contributed by atoms with E-state index in [1.165, 1.54) is 12.8 Å². The summed E-state index contributed by atoms with van der Waals surface area (Å²) in [5.74, 6) is 1.65. The average Bonchev–Trinajstić information content (AvgIpc) is 3.16. The molecule has 17 heavy (non-hydrogen) atoms. The van der Waals surface area contributed by atoms with Gasteiger partial charge in [-0.15, -0.1) is 0 Å². The van der Waals surface area contributed by atoms with Crippen molar-refractivity contribution in [3.63, 3.8) is 0 Å². The normalized spacial score (nSPS) is 14.2. The van der Waals surface area contributed by atoms with Gasteiger partial charge in [0.05, 0.1) is 12.5 Å². The van der Waals surface area contributed by atoms with Crippen molar-refractivity contribution in [2.75, 3.05) is 23.8 Å². The number of hydrogen-bond acceptors (Lipinski definition) is 5. The number of nitrogens with zero attached hydrogens (tertiary/aromatic N) is 4. The third kappa shape index (κ3) is 2.67. The Kier molecular flexibility index (Phi) is 3.79. The largest absolute Gasteiger partial charge is 0.372 e. The van der Waals surface area contributed by atoms with Crippen LogP contribution in [0.5, 0.6) is 0 Å². The van der Waals surface area contributed by atoms with Crippen LogP contribution in [0.3, 0.4) is 0 Å². The minimum absolute atomic E-state index is 0.516. The molecule has 0 amide bonds. The number of anilines is 2. The van der Waals surface area contributed by atoms with Crippen molar-refractivity contribution in [2.45, 2.75) is 25.3 Å². The molecule has 0 saturated heterocycles. The SMILES string of the molecule is CNc1ncnc(N(CCC#N)C2CC2)c1Br. The Labute approximate surface area is 109 Å². The molecule has 0 aliphatic heterocycles. The molecule has 1 saturated carbocycles. The standard InChI is InChI=1S/C11H14BrN5/c1-14-10-9(12)11(16-7-15-10)17(6-2-5-13)8-3-4-8/h7-8H,2-4,6H2,1H3,(H,14,15,16). The number of halogens is 1. The molecule has 0 spiro atoms. The highest BCUT2D eigenvalue weighted by molar-refractivity contribution is 9.10. The van der Waals surface area contributed by atoms with Crippen molar-refractivity contribution < 1.29 is 0 Å². The molecule has 1 heterocycles. The Morgan fingerprint density at radius 2 is 2.35 bits per heavy atom. The number of rotatable bonds is 5. The van der Waals surface area contributed by atoms with Crippen LogP contribution in [0.1, 0.15) is 19.3 Å². The summed E-state index contributed by atoms with van der Waals surface area (Å²) in [7, 11) is 1.83. The quantitative estimate of drug-likeness (QED) is 0.902. The summed E-state index contributed by atoms with van der Waals surface area (Å²) in [5.41, 5.74) is 0. The van der Waals surface area contributed by atoms with Gasteiger partial charge >= 0.3 is 0 Å². The zero-order chi connectivity index (χ0) is 12.3. The summed E-state index contributed by atoms with van der Waals surface area (Å²) in [6.07, 6.45) is 4.42. The van der Waals surface area contributed by atoms with Gasteiger partial charge in [-0.2, -0.15) is 5.26 Å². The Bertz CT molecular complexity index is 438. The lowest BCUT2D eigenvalue weighted by molar-refractivity contribution is 0.773. The summed E-state index contributed by atoms with van der Waals surface area (Å²) in [6.45, 7) is 0.722. The Morgan fingerprint density at radius 3 is 2.94 bits per heavy atom. The first kappa shape index (κ1) is 12.1. The summed E-state index contributed by atoms with van der Waals surface area (Å²) in [6, 6.07) is 2.71. The lowest BCUT2D eigenvalue weighted by atomic mass is 10.3. The predicted molar refractivity (Wildman–Crippen MR) is 69.9 cm³/mol. The highest BCUT2D eigenvalue weighted by atomic mass is 79.9. The van der Waals surface area contributed by atoms with Crippen LogP contribution in [-0.4, -0.2) is 29.6 Å². The van der Waals surface area contributed by atoms with Gasteiger partial charge in [0.2, 0.25) is 0 Å². The molecule has 0 atom stereocenters. The third-order valence-electron chi connectivity index (χ3n) is 2.73. The fourth-order valence-corrected chi connectivity index (χ4v) is 2.38. The van der Waals surface area contributed by atoms with Crippen molar-refractivity contribution in [3.8, 4) is 6.07 Å². The highest BCUT2D eigenvalue weighted by Gasteiger charge is 2.31. The van der Waals surface area contributed by atoms with Crippen LogP contribution in [0.15, 0.2) is 10.8 Å². The molecule has 1 aliphatic rings. The molecule has 0 aromatic carbocycles. The van der Waals surface area contributed by atoms with Crippen LogP contribution < -0.4 is 10.2 Å². The fraction of sp³-hybridized carbons (Fsp3) is 0.545. The van der Waals surface area contributed by atoms with E-state index in [-0.39, 0.29) is 0 Å². The van der Waals surface area contributed by atoms with Gasteiger partial charge in [0.25, 0.3) is 0 Å². The lowest BCUT2D eigenvalue weighted by Crippen LogP contribution is -2.28. The van der Waals surface area contributed by atoms with E-state index in [0.717, 1.165) is 22.7 Å². The smallest absolute Gasteiger partial charge is 0.148 e. The molecule has 1 aromatic rings. The monoisotopic (exact) mass is 295 g/mol. The van der Waals surface area contributed by atoms with Gasteiger partial charge in [-0.3, -0.25) is 0 Å². The first-order valence-electron chi connectivity index (χ1n) is 5.59. The van der Waals surface area contributed by atoms with Crippen LogP contribution in [0.25, 0.3) is 0 Å². The number of aromatic nitrogens is 2. The molecule has 0 radical (unpaired) electrons. The first-order chi connectivity index (χ1) is 8.27. The molecule has 1 aliphatic carbocycles. The zero-order valence-corrected chi connectivity index (χ0v) is 11.2. The maximum absolute atomic E-state index is 8.70. The van der Waals surface area contributed by atoms with E-state index in [1.807, 2.05) is 7.05 Å². The molecule has 5 nitrogen and oxygen atoms in total. The summed E-state index contributed by atoms with van der Waals surface area (Å²) in [5, 5.41) is 11.7. The van der Waals surface area contributed by atoms with Crippen LogP contribution in [0, 0.1) is 11.3 Å². The second-order valence-corrected chi connectivity index (χ2v) is 4.74. The second kappa shape index (κ2) is 5.32. The van der Waals surface area contributed by atoms with Crippen LogP contribution in [0.2, 0.25) is 0 Å². The second-order valence-electron chi connectivity index (χ2n) is 3.94. The van der Waals surface area contributed by atoms with Gasteiger partial charge in [0.15, 0.2) is 0 Å². The molecule has 0 unspecified atom stereocenters. The molecule has 90 valence electrons. The van der Waals surface area contributed by atoms with Crippen molar-refractivity contribution in [1.82, 2.24) is 9.97 Å². The van der Waals surface area contributed by atoms with E-state index in [0.29, 0.717) is 12.5 Å². The van der Waals surface area contributed by atoms with Crippen molar-refractivity contribution in [3.05, 3.63) is 10.8 Å². The Morgan fingerprint density at radius 1 is 1.59 bits per heavy atom. The Hall–Kier alpha value is -1.35. The van der Waals surface area contributed by atoms with E-state index < -0.39 is 0 Å². The van der Waals surface area contributed by atoms with Gasteiger partial charge in [-0.25, -0.2) is 9.97 Å². The fourth-order valence-electron chi connectivity index (χ4n) is 1.75. The Balaban J connectivity index is 2.26. The van der Waals surface area contributed by atoms with E-state index in [4.69, 9.17) is 5.26 Å². The highest BCUT2D eigenvalue weighted by Crippen LogP contribution is 2.36. The zero-order valence-electron chi connectivity index (χ0n) is 9.65. The first-order valence-corrected chi connectivity index (χ1v) is 6.39. The molecule has 1 fully saturated rings. The van der Waals surface area contributed by atoms with E-state index >= 15 is 0 Å². The van der Waals surface area contributed by atoms with Crippen molar-refractivity contribution in [2.24, 2.45) is 0 Å². The van der Waals surface area contributed by atoms with Crippen molar-refractivity contribution in [1.29, 1.82) is 5.26 Å². The van der Waals surface area contributed by atoms with Crippen molar-refractivity contribution >= 4 is 27.6 Å². The average molecular weight is 296 g/mol. The number of hydrogen-bond donors (Lipinski definition) is 1. The van der Waals surface area contributed by atoms with Gasteiger partial charge in [-0.1, -0.05) is 0 Å². The van der Waals surface area contributed by atoms with Crippen LogP contribution in [-0.2, 0) is 0 Å². The van der Waals surface area contributed by atoms with Crippen LogP contribution >= 0.6 is 15.9 Å². The van der Waals surface area contributed by atoms with Gasteiger partial charge in [0, 0.05) is 19.6 Å². The number of nitriles is 1. The summed E-state index contributed by atoms with van der Waals surface area (Å²) in [4.78, 5) is 10.6. The molecular formula is C11H14BrN5. The maximum atomic E-state index is 8.70. The summed E-state index contributed by atoms with van der Waals surface area (Å²) >= 11 is 3.52. The molecular weight excluding hydrogens is 282 g/mol. The third-order valence-corrected chi connectivity index (χ3v) is 3.46. The van der Waals surface area contributed by atoms with Gasteiger partial charge in [-0.05, 0) is 28.8 Å². The molecule has 0 bridgehead atoms. The maximum Gasteiger partial charge on any atom is 0.148 e. The lowest BCUT2D eigenvalue weighted by Gasteiger charge is -2.23. The van der Waals surface area contributed by atoms with E-state index in [9.17, 15) is 0 Å². The number of nitrogens with one attached hydrogen (secondary N) is 1. The summed E-state index contributed by atoms with van der Waals surface area (Å²) < 4.78 is 0.868. The van der Waals surface area contributed by atoms with Crippen LogP contribution in [0.4, 0.5) is 11.6 Å². The van der Waals surface area contributed by atoms with Gasteiger partial charge < -0.3 is 10.2 Å². The molecule has 2 rings (SSSR count). The minimum atomic E-state index is 0.516. The predicted octanol–water partition coefficient (Wildman–Crippen LogP) is 2.16. The van der Waals surface area contributed by atoms with E-state index in [1.54, 1.807) is 6.33 Å². The molecule has 6 heteroatoms. The van der Waals surface area contributed by atoms with E-state index in [2.05, 4.69) is 42.2 Å². The minimum Gasteiger partial charge on any atom is -0.372 e. The topological polar surface area (TPSA) is 64.8 Å². The van der Waals surface area contributed by atoms with Gasteiger partial charge in [0.1, 0.15) is 22.4 Å². The molecule has 1 N–H and O–H groups in total. The molecule has 1 aromatic heterocycles.